The van der Waals surface area contributed by atoms with E-state index in [1.807, 2.05) is 0 Å². The zero-order chi connectivity index (χ0) is 15.1. The van der Waals surface area contributed by atoms with E-state index in [-0.39, 0.29) is 24.5 Å². The molecular weight excluding hydrogens is 270 g/mol. The van der Waals surface area contributed by atoms with Crippen molar-refractivity contribution in [2.75, 3.05) is 6.61 Å². The van der Waals surface area contributed by atoms with Crippen molar-refractivity contribution in [2.24, 2.45) is 5.92 Å². The van der Waals surface area contributed by atoms with Crippen molar-refractivity contribution in [2.45, 2.75) is 64.3 Å². The minimum absolute atomic E-state index is 0.0524. The number of carbonyl (C=O) groups excluding carboxylic acids is 1. The summed E-state index contributed by atoms with van der Waals surface area (Å²) < 4.78 is 5.02. The molecule has 0 bridgehead atoms. The van der Waals surface area contributed by atoms with Crippen LogP contribution in [-0.4, -0.2) is 33.8 Å². The van der Waals surface area contributed by atoms with E-state index in [0.29, 0.717) is 31.0 Å². The molecule has 118 valence electrons. The van der Waals surface area contributed by atoms with E-state index in [9.17, 15) is 9.90 Å². The largest absolute Gasteiger partial charge is 0.396 e. The number of aryl methyl sites for hydroxylation is 2. The highest BCUT2D eigenvalue weighted by atomic mass is 16.5. The Morgan fingerprint density at radius 1 is 1.38 bits per heavy atom. The summed E-state index contributed by atoms with van der Waals surface area (Å²) in [6, 6.07) is 0.121. The summed E-state index contributed by atoms with van der Waals surface area (Å²) in [5.41, 5.74) is 0. The molecule has 0 aromatic carbocycles. The van der Waals surface area contributed by atoms with Crippen molar-refractivity contribution in [1.29, 1.82) is 0 Å². The van der Waals surface area contributed by atoms with Crippen molar-refractivity contribution < 1.29 is 14.4 Å². The summed E-state index contributed by atoms with van der Waals surface area (Å²) in [5, 5.41) is 16.3. The Balaban J connectivity index is 1.72. The monoisotopic (exact) mass is 295 g/mol. The first kappa shape index (κ1) is 15.9. The number of hydrogen-bond donors (Lipinski definition) is 2. The van der Waals surface area contributed by atoms with Crippen LogP contribution in [0.1, 0.15) is 56.7 Å². The van der Waals surface area contributed by atoms with Crippen molar-refractivity contribution >= 4 is 5.91 Å². The van der Waals surface area contributed by atoms with Crippen LogP contribution in [0, 0.1) is 12.8 Å². The van der Waals surface area contributed by atoms with E-state index < -0.39 is 0 Å². The van der Waals surface area contributed by atoms with Crippen LogP contribution in [0.15, 0.2) is 4.52 Å². The maximum Gasteiger partial charge on any atom is 0.226 e. The van der Waals surface area contributed by atoms with Crippen molar-refractivity contribution in [3.05, 3.63) is 11.7 Å². The number of aliphatic hydroxyl groups is 1. The SMILES string of the molecule is Cc1noc(CCCC(=O)NC2CCCCCC2CO)n1. The van der Waals surface area contributed by atoms with Crippen molar-refractivity contribution in [3.63, 3.8) is 0 Å². The lowest BCUT2D eigenvalue weighted by Gasteiger charge is -2.24. The van der Waals surface area contributed by atoms with Gasteiger partial charge in [-0.1, -0.05) is 24.4 Å². The fourth-order valence-corrected chi connectivity index (χ4v) is 2.91. The minimum Gasteiger partial charge on any atom is -0.396 e. The average Bonchev–Trinajstić information content (AvgIpc) is 2.74. The molecule has 1 fully saturated rings. The zero-order valence-corrected chi connectivity index (χ0v) is 12.7. The topological polar surface area (TPSA) is 88.2 Å². The van der Waals surface area contributed by atoms with E-state index in [1.54, 1.807) is 6.92 Å². The van der Waals surface area contributed by atoms with Crippen LogP contribution in [0.4, 0.5) is 0 Å². The number of hydrogen-bond acceptors (Lipinski definition) is 5. The Bertz CT molecular complexity index is 447. The molecule has 2 unspecified atom stereocenters. The number of nitrogens with one attached hydrogen (secondary N) is 1. The minimum atomic E-state index is 0.0524. The molecule has 2 N–H and O–H groups in total. The van der Waals surface area contributed by atoms with E-state index in [1.165, 1.54) is 6.42 Å². The Morgan fingerprint density at radius 2 is 2.19 bits per heavy atom. The van der Waals surface area contributed by atoms with Gasteiger partial charge < -0.3 is 14.9 Å². The van der Waals surface area contributed by atoms with Gasteiger partial charge >= 0.3 is 0 Å². The average molecular weight is 295 g/mol. The van der Waals surface area contributed by atoms with E-state index in [4.69, 9.17) is 4.52 Å². The molecule has 2 rings (SSSR count). The van der Waals surface area contributed by atoms with E-state index in [0.717, 1.165) is 25.7 Å². The highest BCUT2D eigenvalue weighted by molar-refractivity contribution is 5.76. The van der Waals surface area contributed by atoms with Crippen LogP contribution in [0.3, 0.4) is 0 Å². The molecular formula is C15H25N3O3. The van der Waals surface area contributed by atoms with Gasteiger partial charge in [-0.25, -0.2) is 0 Å². The Morgan fingerprint density at radius 3 is 2.90 bits per heavy atom. The van der Waals surface area contributed by atoms with Crippen molar-refractivity contribution in [3.8, 4) is 0 Å². The lowest BCUT2D eigenvalue weighted by atomic mass is 9.95. The van der Waals surface area contributed by atoms with Crippen LogP contribution < -0.4 is 5.32 Å². The van der Waals surface area contributed by atoms with Crippen LogP contribution in [0.5, 0.6) is 0 Å². The first-order valence-corrected chi connectivity index (χ1v) is 7.88. The molecule has 0 radical (unpaired) electrons. The number of amides is 1. The first-order chi connectivity index (χ1) is 10.2. The summed E-state index contributed by atoms with van der Waals surface area (Å²) in [7, 11) is 0. The molecule has 1 aliphatic carbocycles. The smallest absolute Gasteiger partial charge is 0.226 e. The van der Waals surface area contributed by atoms with Gasteiger partial charge in [-0.2, -0.15) is 4.98 Å². The second-order valence-corrected chi connectivity index (χ2v) is 5.84. The number of aliphatic hydroxyl groups excluding tert-OH is 1. The molecule has 1 heterocycles. The summed E-state index contributed by atoms with van der Waals surface area (Å²) in [5.74, 6) is 1.47. The van der Waals surface area contributed by atoms with Crippen LogP contribution >= 0.6 is 0 Å². The summed E-state index contributed by atoms with van der Waals surface area (Å²) in [6.45, 7) is 1.94. The number of nitrogens with zero attached hydrogens (tertiary/aromatic N) is 2. The standard InChI is InChI=1S/C15H25N3O3/c1-11-16-15(21-18-11)9-5-8-14(20)17-13-7-4-2-3-6-12(13)10-19/h12-13,19H,2-10H2,1H3,(H,17,20). The quantitative estimate of drug-likeness (QED) is 0.781. The van der Waals surface area contributed by atoms with Gasteiger partial charge in [0.1, 0.15) is 0 Å². The van der Waals surface area contributed by atoms with Gasteiger partial charge in [0.15, 0.2) is 5.82 Å². The Hall–Kier alpha value is -1.43. The Kier molecular flexibility index (Phi) is 6.17. The zero-order valence-electron chi connectivity index (χ0n) is 12.7. The maximum atomic E-state index is 12.0. The van der Waals surface area contributed by atoms with Crippen molar-refractivity contribution in [1.82, 2.24) is 15.5 Å². The van der Waals surface area contributed by atoms with Gasteiger partial charge in [-0.15, -0.1) is 0 Å². The third kappa shape index (κ3) is 5.12. The van der Waals surface area contributed by atoms with Gasteiger partial charge in [0.25, 0.3) is 0 Å². The molecule has 1 aliphatic rings. The third-order valence-electron chi connectivity index (χ3n) is 4.10. The molecule has 0 saturated heterocycles. The molecule has 6 nitrogen and oxygen atoms in total. The van der Waals surface area contributed by atoms with Gasteiger partial charge in [0.2, 0.25) is 11.8 Å². The number of aromatic nitrogens is 2. The predicted octanol–water partition coefficient (Wildman–Crippen LogP) is 1.76. The number of carbonyl (C=O) groups is 1. The van der Waals surface area contributed by atoms with Gasteiger partial charge in [0, 0.05) is 31.4 Å². The fraction of sp³-hybridized carbons (Fsp3) is 0.800. The van der Waals surface area contributed by atoms with Crippen LogP contribution in [0.2, 0.25) is 0 Å². The summed E-state index contributed by atoms with van der Waals surface area (Å²) in [4.78, 5) is 16.1. The molecule has 1 aromatic rings. The summed E-state index contributed by atoms with van der Waals surface area (Å²) >= 11 is 0. The molecule has 1 aromatic heterocycles. The molecule has 0 aliphatic heterocycles. The highest BCUT2D eigenvalue weighted by Crippen LogP contribution is 2.23. The summed E-state index contributed by atoms with van der Waals surface area (Å²) in [6.07, 6.45) is 7.22. The van der Waals surface area contributed by atoms with Gasteiger partial charge in [-0.05, 0) is 26.2 Å². The van der Waals surface area contributed by atoms with Gasteiger partial charge in [-0.3, -0.25) is 4.79 Å². The predicted molar refractivity (Wildman–Crippen MR) is 77.6 cm³/mol. The maximum absolute atomic E-state index is 12.0. The lowest BCUT2D eigenvalue weighted by Crippen LogP contribution is -2.41. The molecule has 0 spiro atoms. The highest BCUT2D eigenvalue weighted by Gasteiger charge is 2.24. The first-order valence-electron chi connectivity index (χ1n) is 7.88. The fourth-order valence-electron chi connectivity index (χ4n) is 2.91. The van der Waals surface area contributed by atoms with Crippen LogP contribution in [-0.2, 0) is 11.2 Å². The normalized spacial score (nSPS) is 22.8. The molecule has 1 amide bonds. The Labute approximate surface area is 125 Å². The molecule has 2 atom stereocenters. The number of rotatable bonds is 6. The molecule has 21 heavy (non-hydrogen) atoms. The van der Waals surface area contributed by atoms with E-state index >= 15 is 0 Å². The van der Waals surface area contributed by atoms with E-state index in [2.05, 4.69) is 15.5 Å². The third-order valence-corrected chi connectivity index (χ3v) is 4.10. The second-order valence-electron chi connectivity index (χ2n) is 5.84. The molecule has 1 saturated carbocycles. The molecule has 6 heteroatoms. The lowest BCUT2D eigenvalue weighted by molar-refractivity contribution is -0.122. The second kappa shape index (κ2) is 8.12. The van der Waals surface area contributed by atoms with Crippen LogP contribution in [0.25, 0.3) is 0 Å². The van der Waals surface area contributed by atoms with Gasteiger partial charge in [0.05, 0.1) is 0 Å².